The topological polar surface area (TPSA) is 48.5 Å². The Morgan fingerprint density at radius 1 is 1.00 bits per heavy atom. The van der Waals surface area contributed by atoms with Crippen LogP contribution in [0, 0.1) is 19.7 Å². The summed E-state index contributed by atoms with van der Waals surface area (Å²) in [6.07, 6.45) is 3.71. The average molecular weight is 562 g/mol. The minimum Gasteiger partial charge on any atom is -0.497 e. The standard InChI is InChI=1S/C34H28FN3O2S/c1-20-17-24(21(2)37(20)26-14-12-25(35)13-15-26)19-30-33(39)38-32(23-8-6-9-27(18-23)40-3)29-16-11-22-7-4-5-10-28(22)31(29)36-34(38)41-30/h4-10,12-15,17-19,32H,11,16H2,1-3H3/b30-19+/t32-/m0/s1. The summed E-state index contributed by atoms with van der Waals surface area (Å²) in [6.45, 7) is 4.04. The smallest absolute Gasteiger partial charge is 0.271 e. The van der Waals surface area contributed by atoms with E-state index in [2.05, 4.69) is 41.0 Å². The van der Waals surface area contributed by atoms with Gasteiger partial charge in [-0.25, -0.2) is 9.38 Å². The molecule has 0 unspecified atom stereocenters. The van der Waals surface area contributed by atoms with Gasteiger partial charge in [-0.3, -0.25) is 9.36 Å². The maximum absolute atomic E-state index is 14.2. The first kappa shape index (κ1) is 25.5. The highest BCUT2D eigenvalue weighted by Crippen LogP contribution is 2.41. The van der Waals surface area contributed by atoms with Crippen LogP contribution in [0.3, 0.4) is 0 Å². The van der Waals surface area contributed by atoms with E-state index in [-0.39, 0.29) is 17.4 Å². The Morgan fingerprint density at radius 3 is 2.61 bits per heavy atom. The molecule has 41 heavy (non-hydrogen) atoms. The molecule has 0 saturated carbocycles. The molecule has 0 N–H and O–H groups in total. The van der Waals surface area contributed by atoms with Gasteiger partial charge in [-0.2, -0.15) is 0 Å². The number of fused-ring (bicyclic) bond motifs is 3. The minimum absolute atomic E-state index is 0.0569. The first-order chi connectivity index (χ1) is 19.9. The van der Waals surface area contributed by atoms with Gasteiger partial charge in [0.15, 0.2) is 4.80 Å². The molecule has 0 amide bonds. The van der Waals surface area contributed by atoms with E-state index in [0.717, 1.165) is 63.6 Å². The van der Waals surface area contributed by atoms with Crippen LogP contribution in [0.4, 0.5) is 4.39 Å². The maximum atomic E-state index is 14.2. The average Bonchev–Trinajstić information content (AvgIpc) is 3.45. The molecule has 2 aromatic heterocycles. The third kappa shape index (κ3) is 4.19. The molecule has 0 saturated heterocycles. The Hall–Kier alpha value is -4.49. The number of halogens is 1. The van der Waals surface area contributed by atoms with E-state index in [1.165, 1.54) is 29.0 Å². The predicted molar refractivity (Wildman–Crippen MR) is 161 cm³/mol. The van der Waals surface area contributed by atoms with Gasteiger partial charge in [-0.05, 0) is 97.5 Å². The highest BCUT2D eigenvalue weighted by molar-refractivity contribution is 7.07. The molecular weight excluding hydrogens is 533 g/mol. The van der Waals surface area contributed by atoms with Crippen LogP contribution in [0.15, 0.2) is 94.2 Å². The number of thiazole rings is 1. The number of rotatable bonds is 4. The number of hydrogen-bond acceptors (Lipinski definition) is 4. The van der Waals surface area contributed by atoms with Crippen LogP contribution in [0.1, 0.15) is 46.1 Å². The summed E-state index contributed by atoms with van der Waals surface area (Å²) < 4.78 is 23.7. The fourth-order valence-electron chi connectivity index (χ4n) is 6.20. The third-order valence-electron chi connectivity index (χ3n) is 8.12. The molecule has 1 atom stereocenters. The number of benzene rings is 3. The van der Waals surface area contributed by atoms with Crippen molar-refractivity contribution in [3.8, 4) is 11.4 Å². The van der Waals surface area contributed by atoms with Gasteiger partial charge < -0.3 is 9.30 Å². The molecule has 0 spiro atoms. The zero-order chi connectivity index (χ0) is 28.2. The van der Waals surface area contributed by atoms with Gasteiger partial charge in [-0.15, -0.1) is 0 Å². The molecule has 0 bridgehead atoms. The van der Waals surface area contributed by atoms with E-state index in [4.69, 9.17) is 9.73 Å². The Labute approximate surface area is 240 Å². The minimum atomic E-state index is -0.270. The molecule has 0 radical (unpaired) electrons. The summed E-state index contributed by atoms with van der Waals surface area (Å²) >= 11 is 1.42. The van der Waals surface area contributed by atoms with Crippen molar-refractivity contribution in [2.45, 2.75) is 32.7 Å². The van der Waals surface area contributed by atoms with E-state index in [0.29, 0.717) is 9.33 Å². The predicted octanol–water partition coefficient (Wildman–Crippen LogP) is 5.87. The van der Waals surface area contributed by atoms with Crippen molar-refractivity contribution in [2.24, 2.45) is 4.99 Å². The molecule has 3 aromatic carbocycles. The summed E-state index contributed by atoms with van der Waals surface area (Å²) in [5.74, 6) is 0.488. The SMILES string of the molecule is COc1cccc([C@H]2C3=C(N=c4s/c(=C/c5cc(C)n(-c6ccc(F)cc6)c5C)c(=O)n42)c2ccccc2CC3)c1. The van der Waals surface area contributed by atoms with Crippen molar-refractivity contribution >= 4 is 23.1 Å². The molecular formula is C34H28FN3O2S. The highest BCUT2D eigenvalue weighted by Gasteiger charge is 2.32. The third-order valence-corrected chi connectivity index (χ3v) is 9.11. The van der Waals surface area contributed by atoms with Crippen molar-refractivity contribution in [1.29, 1.82) is 0 Å². The lowest BCUT2D eigenvalue weighted by Crippen LogP contribution is -2.38. The Balaban J connectivity index is 1.44. The summed E-state index contributed by atoms with van der Waals surface area (Å²) in [5, 5.41) is 0. The number of methoxy groups -OCH3 is 1. The van der Waals surface area contributed by atoms with Crippen LogP contribution in [-0.4, -0.2) is 16.2 Å². The van der Waals surface area contributed by atoms with Crippen LogP contribution < -0.4 is 19.6 Å². The lowest BCUT2D eigenvalue weighted by atomic mass is 9.83. The highest BCUT2D eigenvalue weighted by atomic mass is 32.1. The maximum Gasteiger partial charge on any atom is 0.271 e. The van der Waals surface area contributed by atoms with Crippen molar-refractivity contribution in [2.75, 3.05) is 7.11 Å². The quantitative estimate of drug-likeness (QED) is 0.276. The lowest BCUT2D eigenvalue weighted by molar-refractivity contribution is 0.413. The first-order valence-electron chi connectivity index (χ1n) is 13.6. The molecule has 5 nitrogen and oxygen atoms in total. The number of ether oxygens (including phenoxy) is 1. The fraction of sp³-hybridized carbons (Fsp3) is 0.176. The van der Waals surface area contributed by atoms with E-state index < -0.39 is 0 Å². The van der Waals surface area contributed by atoms with Crippen LogP contribution in [0.25, 0.3) is 17.5 Å². The van der Waals surface area contributed by atoms with Gasteiger partial charge >= 0.3 is 0 Å². The number of aryl methyl sites for hydroxylation is 2. The molecule has 204 valence electrons. The molecule has 5 aromatic rings. The second-order valence-corrected chi connectivity index (χ2v) is 11.5. The Bertz CT molecular complexity index is 2050. The monoisotopic (exact) mass is 561 g/mol. The van der Waals surface area contributed by atoms with E-state index in [1.54, 1.807) is 19.2 Å². The van der Waals surface area contributed by atoms with Crippen molar-refractivity contribution in [3.63, 3.8) is 0 Å². The zero-order valence-corrected chi connectivity index (χ0v) is 23.8. The first-order valence-corrected chi connectivity index (χ1v) is 14.5. The van der Waals surface area contributed by atoms with Gasteiger partial charge in [0.25, 0.3) is 5.56 Å². The molecule has 1 aliphatic carbocycles. The van der Waals surface area contributed by atoms with E-state index >= 15 is 0 Å². The summed E-state index contributed by atoms with van der Waals surface area (Å²) in [4.78, 5) is 20.0. The lowest BCUT2D eigenvalue weighted by Gasteiger charge is -2.31. The number of aromatic nitrogens is 2. The van der Waals surface area contributed by atoms with E-state index in [9.17, 15) is 9.18 Å². The van der Waals surface area contributed by atoms with E-state index in [1.807, 2.05) is 42.7 Å². The zero-order valence-electron chi connectivity index (χ0n) is 23.0. The van der Waals surface area contributed by atoms with Gasteiger partial charge in [0.05, 0.1) is 23.4 Å². The van der Waals surface area contributed by atoms with Gasteiger partial charge in [0, 0.05) is 22.6 Å². The molecule has 2 aliphatic rings. The number of allylic oxidation sites excluding steroid dienone is 1. The van der Waals surface area contributed by atoms with Gasteiger partial charge in [-0.1, -0.05) is 47.7 Å². The van der Waals surface area contributed by atoms with Crippen molar-refractivity contribution < 1.29 is 9.13 Å². The largest absolute Gasteiger partial charge is 0.497 e. The van der Waals surface area contributed by atoms with Gasteiger partial charge in [0.2, 0.25) is 0 Å². The molecule has 7 heteroatoms. The van der Waals surface area contributed by atoms with Crippen LogP contribution in [0.5, 0.6) is 5.75 Å². The molecule has 3 heterocycles. The number of hydrogen-bond donors (Lipinski definition) is 0. The van der Waals surface area contributed by atoms with Crippen molar-refractivity contribution in [1.82, 2.24) is 9.13 Å². The molecule has 0 fully saturated rings. The molecule has 7 rings (SSSR count). The normalized spacial score (nSPS) is 16.2. The Kier molecular flexibility index (Phi) is 6.12. The fourth-order valence-corrected chi connectivity index (χ4v) is 7.19. The van der Waals surface area contributed by atoms with Crippen molar-refractivity contribution in [3.05, 3.63) is 144 Å². The Morgan fingerprint density at radius 2 is 1.80 bits per heavy atom. The van der Waals surface area contributed by atoms with Crippen LogP contribution in [-0.2, 0) is 6.42 Å². The second-order valence-electron chi connectivity index (χ2n) is 10.5. The summed E-state index contributed by atoms with van der Waals surface area (Å²) in [5.41, 5.74) is 9.33. The van der Waals surface area contributed by atoms with Crippen LogP contribution >= 0.6 is 11.3 Å². The van der Waals surface area contributed by atoms with Crippen LogP contribution in [0.2, 0.25) is 0 Å². The number of nitrogens with zero attached hydrogens (tertiary/aromatic N) is 3. The second kappa shape index (κ2) is 9.85. The molecule has 1 aliphatic heterocycles. The summed E-state index contributed by atoms with van der Waals surface area (Å²) in [6, 6.07) is 24.7. The summed E-state index contributed by atoms with van der Waals surface area (Å²) in [7, 11) is 1.66. The van der Waals surface area contributed by atoms with Gasteiger partial charge in [0.1, 0.15) is 11.6 Å².